The Hall–Kier alpha value is -3.42. The Balaban J connectivity index is 0.00000306. The number of ether oxygens (including phenoxy) is 4. The van der Waals surface area contributed by atoms with Crippen LogP contribution in [0.4, 0.5) is 11.5 Å². The molecule has 0 bridgehead atoms. The van der Waals surface area contributed by atoms with Gasteiger partial charge in [-0.25, -0.2) is 9.97 Å². The highest BCUT2D eigenvalue weighted by Gasteiger charge is 2.12. The zero-order chi connectivity index (χ0) is 22.5. The second kappa shape index (κ2) is 10.9. The zero-order valence-electron chi connectivity index (χ0n) is 18.3. The van der Waals surface area contributed by atoms with Crippen LogP contribution in [0.15, 0.2) is 60.9 Å². The lowest BCUT2D eigenvalue weighted by Crippen LogP contribution is -2.00. The molecule has 0 atom stereocenters. The van der Waals surface area contributed by atoms with Gasteiger partial charge in [0.25, 0.3) is 0 Å². The largest absolute Gasteiger partial charge is 0.496 e. The van der Waals surface area contributed by atoms with E-state index in [2.05, 4.69) is 15.3 Å². The normalized spacial score (nSPS) is 10.3. The van der Waals surface area contributed by atoms with Crippen LogP contribution in [0.2, 0.25) is 5.02 Å². The summed E-state index contributed by atoms with van der Waals surface area (Å²) >= 11 is 6.48. The SMILES string of the molecule is COc1ccccc1COc1ccc(Nc2ncnc3cc(OC)c(OC)cc23)cc1Cl.Cl. The van der Waals surface area contributed by atoms with Crippen LogP contribution in [0.1, 0.15) is 5.56 Å². The molecule has 1 N–H and O–H groups in total. The van der Waals surface area contributed by atoms with Crippen LogP contribution in [-0.4, -0.2) is 31.3 Å². The number of anilines is 2. The Morgan fingerprint density at radius 2 is 1.55 bits per heavy atom. The number of aromatic nitrogens is 2. The van der Waals surface area contributed by atoms with Crippen molar-refractivity contribution in [1.82, 2.24) is 9.97 Å². The number of halogens is 2. The average molecular weight is 488 g/mol. The van der Waals surface area contributed by atoms with Crippen molar-refractivity contribution in [1.29, 1.82) is 0 Å². The molecule has 0 amide bonds. The molecule has 0 fully saturated rings. The molecule has 9 heteroatoms. The third-order valence-corrected chi connectivity index (χ3v) is 5.21. The molecule has 0 saturated carbocycles. The van der Waals surface area contributed by atoms with Gasteiger partial charge in [-0.15, -0.1) is 12.4 Å². The standard InChI is InChI=1S/C24H22ClN3O4.ClH/c1-29-20-7-5-4-6-15(20)13-32-21-9-8-16(10-18(21)25)28-24-17-11-22(30-2)23(31-3)12-19(17)26-14-27-24;/h4-12,14H,13H2,1-3H3,(H,26,27,28);1H. The van der Waals surface area contributed by atoms with Gasteiger partial charge in [-0.1, -0.05) is 29.8 Å². The molecule has 0 aliphatic carbocycles. The fourth-order valence-electron chi connectivity index (χ4n) is 3.29. The van der Waals surface area contributed by atoms with E-state index in [0.717, 1.165) is 27.9 Å². The highest BCUT2D eigenvalue weighted by atomic mass is 35.5. The maximum atomic E-state index is 6.48. The van der Waals surface area contributed by atoms with Gasteiger partial charge < -0.3 is 24.3 Å². The number of nitrogens with one attached hydrogen (secondary N) is 1. The molecular weight excluding hydrogens is 465 g/mol. The van der Waals surface area contributed by atoms with Crippen LogP contribution < -0.4 is 24.3 Å². The number of hydrogen-bond donors (Lipinski definition) is 1. The summed E-state index contributed by atoms with van der Waals surface area (Å²) in [6, 6.07) is 16.8. The average Bonchev–Trinajstić information content (AvgIpc) is 2.83. The Kier molecular flexibility index (Phi) is 8.03. The van der Waals surface area contributed by atoms with E-state index in [0.29, 0.717) is 34.7 Å². The van der Waals surface area contributed by atoms with E-state index >= 15 is 0 Å². The number of rotatable bonds is 8. The molecule has 0 aliphatic heterocycles. The summed E-state index contributed by atoms with van der Waals surface area (Å²) in [5, 5.41) is 4.55. The van der Waals surface area contributed by atoms with Crippen LogP contribution in [-0.2, 0) is 6.61 Å². The molecule has 0 radical (unpaired) electrons. The molecule has 1 aromatic heterocycles. The number of hydrogen-bond acceptors (Lipinski definition) is 7. The first-order valence-electron chi connectivity index (χ1n) is 9.81. The molecule has 172 valence electrons. The molecule has 0 saturated heterocycles. The number of methoxy groups -OCH3 is 3. The summed E-state index contributed by atoms with van der Waals surface area (Å²) in [6.07, 6.45) is 1.49. The van der Waals surface area contributed by atoms with Crippen molar-refractivity contribution >= 4 is 46.4 Å². The van der Waals surface area contributed by atoms with E-state index in [-0.39, 0.29) is 12.4 Å². The quantitative estimate of drug-likeness (QED) is 0.324. The van der Waals surface area contributed by atoms with Crippen molar-refractivity contribution in [3.05, 3.63) is 71.5 Å². The van der Waals surface area contributed by atoms with Crippen LogP contribution in [0.5, 0.6) is 23.0 Å². The van der Waals surface area contributed by atoms with Gasteiger partial charge in [0.15, 0.2) is 11.5 Å². The Labute approximate surface area is 203 Å². The second-order valence-corrected chi connectivity index (χ2v) is 7.22. The predicted molar refractivity (Wildman–Crippen MR) is 132 cm³/mol. The lowest BCUT2D eigenvalue weighted by molar-refractivity contribution is 0.297. The zero-order valence-corrected chi connectivity index (χ0v) is 19.9. The van der Waals surface area contributed by atoms with Crippen molar-refractivity contribution in [3.63, 3.8) is 0 Å². The highest BCUT2D eigenvalue weighted by Crippen LogP contribution is 2.35. The fraction of sp³-hybridized carbons (Fsp3) is 0.167. The Morgan fingerprint density at radius 3 is 2.27 bits per heavy atom. The minimum absolute atomic E-state index is 0. The first kappa shape index (κ1) is 24.2. The smallest absolute Gasteiger partial charge is 0.162 e. The van der Waals surface area contributed by atoms with Gasteiger partial charge in [0.1, 0.15) is 30.3 Å². The molecule has 4 aromatic rings. The monoisotopic (exact) mass is 487 g/mol. The Bertz CT molecular complexity index is 1250. The van der Waals surface area contributed by atoms with Crippen molar-refractivity contribution in [2.45, 2.75) is 6.61 Å². The molecule has 0 unspecified atom stereocenters. The van der Waals surface area contributed by atoms with E-state index in [9.17, 15) is 0 Å². The van der Waals surface area contributed by atoms with Gasteiger partial charge >= 0.3 is 0 Å². The number of para-hydroxylation sites is 1. The summed E-state index contributed by atoms with van der Waals surface area (Å²) in [7, 11) is 4.81. The lowest BCUT2D eigenvalue weighted by Gasteiger charge is -2.14. The van der Waals surface area contributed by atoms with Gasteiger partial charge in [0, 0.05) is 22.7 Å². The molecule has 7 nitrogen and oxygen atoms in total. The van der Waals surface area contributed by atoms with Gasteiger partial charge in [-0.3, -0.25) is 0 Å². The van der Waals surface area contributed by atoms with E-state index in [1.54, 1.807) is 27.4 Å². The number of fused-ring (bicyclic) bond motifs is 1. The van der Waals surface area contributed by atoms with Crippen LogP contribution in [0.3, 0.4) is 0 Å². The van der Waals surface area contributed by atoms with Crippen molar-refractivity contribution in [2.24, 2.45) is 0 Å². The van der Waals surface area contributed by atoms with Crippen LogP contribution in [0.25, 0.3) is 10.9 Å². The highest BCUT2D eigenvalue weighted by molar-refractivity contribution is 6.32. The van der Waals surface area contributed by atoms with E-state index in [4.69, 9.17) is 30.5 Å². The number of benzene rings is 3. The van der Waals surface area contributed by atoms with Crippen LogP contribution >= 0.6 is 24.0 Å². The molecule has 33 heavy (non-hydrogen) atoms. The van der Waals surface area contributed by atoms with E-state index < -0.39 is 0 Å². The summed E-state index contributed by atoms with van der Waals surface area (Å²) in [5.74, 6) is 3.15. The Morgan fingerprint density at radius 1 is 0.818 bits per heavy atom. The first-order chi connectivity index (χ1) is 15.6. The first-order valence-corrected chi connectivity index (χ1v) is 10.2. The topological polar surface area (TPSA) is 74.7 Å². The van der Waals surface area contributed by atoms with E-state index in [1.165, 1.54) is 6.33 Å². The maximum absolute atomic E-state index is 6.48. The lowest BCUT2D eigenvalue weighted by atomic mass is 10.2. The summed E-state index contributed by atoms with van der Waals surface area (Å²) < 4.78 is 22.0. The minimum atomic E-state index is 0. The van der Waals surface area contributed by atoms with E-state index in [1.807, 2.05) is 48.5 Å². The minimum Gasteiger partial charge on any atom is -0.496 e. The molecule has 1 heterocycles. The van der Waals surface area contributed by atoms with Crippen molar-refractivity contribution in [3.8, 4) is 23.0 Å². The van der Waals surface area contributed by atoms with Gasteiger partial charge in [-0.05, 0) is 30.3 Å². The van der Waals surface area contributed by atoms with Crippen LogP contribution in [0, 0.1) is 0 Å². The van der Waals surface area contributed by atoms with Gasteiger partial charge in [0.2, 0.25) is 0 Å². The number of nitrogens with zero attached hydrogens (tertiary/aromatic N) is 2. The second-order valence-electron chi connectivity index (χ2n) is 6.82. The molecule has 4 rings (SSSR count). The maximum Gasteiger partial charge on any atom is 0.162 e. The fourth-order valence-corrected chi connectivity index (χ4v) is 3.53. The van der Waals surface area contributed by atoms with Gasteiger partial charge in [-0.2, -0.15) is 0 Å². The van der Waals surface area contributed by atoms with Crippen molar-refractivity contribution < 1.29 is 18.9 Å². The van der Waals surface area contributed by atoms with Gasteiger partial charge in [0.05, 0.1) is 31.9 Å². The third kappa shape index (κ3) is 5.32. The molecule has 0 spiro atoms. The molecule has 0 aliphatic rings. The summed E-state index contributed by atoms with van der Waals surface area (Å²) in [5.41, 5.74) is 2.42. The third-order valence-electron chi connectivity index (χ3n) is 4.91. The summed E-state index contributed by atoms with van der Waals surface area (Å²) in [4.78, 5) is 8.70. The van der Waals surface area contributed by atoms with Crippen molar-refractivity contribution in [2.75, 3.05) is 26.6 Å². The summed E-state index contributed by atoms with van der Waals surface area (Å²) in [6.45, 7) is 0.342. The molecular formula is C24H23Cl2N3O4. The predicted octanol–water partition coefficient (Wildman–Crippen LogP) is 6.05. The molecule has 3 aromatic carbocycles.